The Morgan fingerprint density at radius 1 is 0.859 bits per heavy atom. The number of nitrogens with zero attached hydrogens (tertiary/aromatic N) is 2. The number of carbonyl (C=O) groups is 2. The van der Waals surface area contributed by atoms with Crippen LogP contribution in [0.3, 0.4) is 0 Å². The molecule has 12 nitrogen and oxygen atoms in total. The van der Waals surface area contributed by atoms with E-state index in [1.54, 1.807) is 12.1 Å². The summed E-state index contributed by atoms with van der Waals surface area (Å²) in [4.78, 5) is 37.1. The molecule has 388 valence electrons. The number of aliphatic hydroxyl groups is 2. The highest BCUT2D eigenvalue weighted by molar-refractivity contribution is 6.04. The number of carbonyl (C=O) groups excluding carboxylic acids is 2. The third kappa shape index (κ3) is 13.9. The normalized spacial score (nSPS) is 24.1. The summed E-state index contributed by atoms with van der Waals surface area (Å²) in [7, 11) is 0. The van der Waals surface area contributed by atoms with E-state index in [0.717, 1.165) is 91.8 Å². The molecule has 3 N–H and O–H groups in total. The molecule has 2 aliphatic carbocycles. The molecule has 7 rings (SSSR count). The van der Waals surface area contributed by atoms with Gasteiger partial charge in [0.2, 0.25) is 12.1 Å². The third-order valence-corrected chi connectivity index (χ3v) is 15.2. The number of oxime groups is 1. The van der Waals surface area contributed by atoms with Gasteiger partial charge in [0.15, 0.2) is 0 Å². The minimum Gasteiger partial charge on any atom is -0.459 e. The first kappa shape index (κ1) is 54.0. The Kier molecular flexibility index (Phi) is 21.2. The Labute approximate surface area is 423 Å². The second-order valence-electron chi connectivity index (χ2n) is 20.2. The van der Waals surface area contributed by atoms with Crippen LogP contribution >= 0.6 is 0 Å². The summed E-state index contributed by atoms with van der Waals surface area (Å²) in [5.41, 5.74) is 3.12. The molecule has 0 spiro atoms. The largest absolute Gasteiger partial charge is 0.459 e. The molecule has 1 saturated carbocycles. The Bertz CT molecular complexity index is 2220. The van der Waals surface area contributed by atoms with Crippen LogP contribution < -0.4 is 14.8 Å². The van der Waals surface area contributed by atoms with Gasteiger partial charge in [-0.15, -0.1) is 6.58 Å². The fraction of sp³-hybridized carbons (Fsp3) is 0.610. The molecule has 2 fully saturated rings. The number of allylic oxidation sites excluding steroid dienone is 1. The van der Waals surface area contributed by atoms with Gasteiger partial charge in [-0.25, -0.2) is 4.79 Å². The Hall–Kier alpha value is -4.75. The van der Waals surface area contributed by atoms with Crippen LogP contribution in [-0.2, 0) is 14.3 Å². The summed E-state index contributed by atoms with van der Waals surface area (Å²) < 4.78 is 26.8. The predicted molar refractivity (Wildman–Crippen MR) is 281 cm³/mol. The predicted octanol–water partition coefficient (Wildman–Crippen LogP) is 12.6. The van der Waals surface area contributed by atoms with Crippen molar-refractivity contribution >= 4 is 28.5 Å². The van der Waals surface area contributed by atoms with E-state index in [-0.39, 0.29) is 49.9 Å². The van der Waals surface area contributed by atoms with E-state index < -0.39 is 30.1 Å². The standard InChI is InChI=1S/C59H83N3O9/c1-4-7-8-9-10-11-12-13-14-20-33-60-58(66)69-47-31-32-52-50(41-47)55-48(27-18-22-36-64)45(26-17-21-35-63)40-49-51(61-71-54-28-19-23-38-67-54)42-53(59(70-52,56(49)55)68-37-6-3)62(34-5-2)57(65)46-30-29-43-24-15-16-25-44(43)39-46/h6,15-16,24-25,29-32,39-41,45,48,53-56,63-64H,3-5,7-14,17-23,26-28,33-38,42H2,1-2H3,(H,60,66). The average Bonchev–Trinajstić information content (AvgIpc) is 3.39. The molecular formula is C59H83N3O9. The summed E-state index contributed by atoms with van der Waals surface area (Å²) >= 11 is 0. The molecule has 3 aromatic rings. The summed E-state index contributed by atoms with van der Waals surface area (Å²) in [5, 5.41) is 30.1. The number of nitrogens with one attached hydrogen (secondary N) is 1. The van der Waals surface area contributed by atoms with Gasteiger partial charge in [-0.05, 0) is 110 Å². The van der Waals surface area contributed by atoms with Crippen molar-refractivity contribution in [2.45, 2.75) is 173 Å². The zero-order chi connectivity index (χ0) is 49.8. The number of hydrogen-bond donors (Lipinski definition) is 3. The number of benzene rings is 3. The van der Waals surface area contributed by atoms with E-state index in [2.05, 4.69) is 31.8 Å². The molecular weight excluding hydrogens is 895 g/mol. The monoisotopic (exact) mass is 978 g/mol. The van der Waals surface area contributed by atoms with Gasteiger partial charge in [-0.2, -0.15) is 0 Å². The van der Waals surface area contributed by atoms with Crippen LogP contribution in [0.1, 0.15) is 171 Å². The van der Waals surface area contributed by atoms with Crippen LogP contribution in [0.15, 0.2) is 90.1 Å². The van der Waals surface area contributed by atoms with Crippen molar-refractivity contribution in [1.82, 2.24) is 10.2 Å². The maximum absolute atomic E-state index is 15.3. The molecule has 1 saturated heterocycles. The zero-order valence-corrected chi connectivity index (χ0v) is 42.8. The number of amides is 2. The Morgan fingerprint density at radius 3 is 2.32 bits per heavy atom. The van der Waals surface area contributed by atoms with E-state index in [4.69, 9.17) is 28.9 Å². The zero-order valence-electron chi connectivity index (χ0n) is 42.8. The topological polar surface area (TPSA) is 148 Å². The number of hydrogen-bond acceptors (Lipinski definition) is 10. The van der Waals surface area contributed by atoms with Crippen molar-refractivity contribution in [3.8, 4) is 11.5 Å². The quantitative estimate of drug-likeness (QED) is 0.0351. The lowest BCUT2D eigenvalue weighted by Crippen LogP contribution is -2.70. The van der Waals surface area contributed by atoms with Gasteiger partial charge in [0.05, 0.1) is 24.8 Å². The molecule has 7 atom stereocenters. The van der Waals surface area contributed by atoms with Crippen molar-refractivity contribution in [2.75, 3.05) is 39.5 Å². The first-order chi connectivity index (χ1) is 34.8. The van der Waals surface area contributed by atoms with E-state index in [0.29, 0.717) is 56.0 Å². The maximum Gasteiger partial charge on any atom is 0.412 e. The average molecular weight is 978 g/mol. The number of fused-ring (bicyclic) bond motifs is 3. The van der Waals surface area contributed by atoms with Crippen LogP contribution in [0.25, 0.3) is 10.8 Å². The van der Waals surface area contributed by atoms with Crippen LogP contribution in [0.2, 0.25) is 0 Å². The van der Waals surface area contributed by atoms with Gasteiger partial charge in [-0.1, -0.05) is 132 Å². The molecule has 2 aliphatic heterocycles. The maximum atomic E-state index is 15.3. The van der Waals surface area contributed by atoms with E-state index in [1.807, 2.05) is 59.5 Å². The van der Waals surface area contributed by atoms with Crippen molar-refractivity contribution in [3.63, 3.8) is 0 Å². The molecule has 0 aromatic heterocycles. The van der Waals surface area contributed by atoms with E-state index in [9.17, 15) is 15.0 Å². The molecule has 3 aromatic carbocycles. The lowest BCUT2D eigenvalue weighted by atomic mass is 9.55. The van der Waals surface area contributed by atoms with Crippen LogP contribution in [-0.4, -0.2) is 90.5 Å². The Morgan fingerprint density at radius 2 is 1.61 bits per heavy atom. The van der Waals surface area contributed by atoms with Crippen LogP contribution in [0.4, 0.5) is 4.79 Å². The molecule has 0 bridgehead atoms. The number of rotatable bonds is 29. The van der Waals surface area contributed by atoms with E-state index in [1.165, 1.54) is 44.9 Å². The summed E-state index contributed by atoms with van der Waals surface area (Å²) in [5.74, 6) is -1.24. The van der Waals surface area contributed by atoms with Crippen molar-refractivity contribution in [3.05, 3.63) is 96.1 Å². The highest BCUT2D eigenvalue weighted by atomic mass is 16.8. The number of aliphatic hydroxyl groups excluding tert-OH is 2. The SMILES string of the molecule is C=CCOC12Oc3ccc(OC(=O)NCCCCCCCCCCCC)cc3C3C(CCCCO)C(CCCCO)C=C(C(=NOC4CCCCO4)CC1N(CCC)C(=O)c1ccc4ccccc4c1)C32. The first-order valence-electron chi connectivity index (χ1n) is 27.5. The molecule has 0 radical (unpaired) electrons. The Balaban J connectivity index is 1.28. The molecule has 7 unspecified atom stereocenters. The van der Waals surface area contributed by atoms with Crippen molar-refractivity contribution in [1.29, 1.82) is 0 Å². The number of unbranched alkanes of at least 4 members (excludes halogenated alkanes) is 11. The molecule has 4 aliphatic rings. The van der Waals surface area contributed by atoms with E-state index >= 15 is 4.79 Å². The minimum absolute atomic E-state index is 0.0159. The van der Waals surface area contributed by atoms with Crippen molar-refractivity contribution < 1.29 is 43.6 Å². The van der Waals surface area contributed by atoms with Crippen LogP contribution in [0.5, 0.6) is 11.5 Å². The minimum atomic E-state index is -1.42. The fourth-order valence-corrected chi connectivity index (χ4v) is 11.7. The third-order valence-electron chi connectivity index (χ3n) is 15.2. The lowest BCUT2D eigenvalue weighted by molar-refractivity contribution is -0.254. The fourth-order valence-electron chi connectivity index (χ4n) is 11.7. The second-order valence-corrected chi connectivity index (χ2v) is 20.2. The van der Waals surface area contributed by atoms with Gasteiger partial charge < -0.3 is 44.2 Å². The summed E-state index contributed by atoms with van der Waals surface area (Å²) in [6, 6.07) is 18.9. The van der Waals surface area contributed by atoms with Crippen LogP contribution in [0, 0.1) is 17.8 Å². The van der Waals surface area contributed by atoms with Gasteiger partial charge in [0.1, 0.15) is 17.5 Å². The molecule has 71 heavy (non-hydrogen) atoms. The second kappa shape index (κ2) is 27.9. The summed E-state index contributed by atoms with van der Waals surface area (Å²) in [6.45, 7) is 10.3. The number of ether oxygens (including phenoxy) is 4. The summed E-state index contributed by atoms with van der Waals surface area (Å²) in [6.07, 6.45) is 23.4. The molecule has 12 heteroatoms. The van der Waals surface area contributed by atoms with Gasteiger partial charge >= 0.3 is 6.09 Å². The lowest BCUT2D eigenvalue weighted by Gasteiger charge is -2.60. The highest BCUT2D eigenvalue weighted by Crippen LogP contribution is 2.62. The molecule has 2 amide bonds. The van der Waals surface area contributed by atoms with Crippen molar-refractivity contribution in [2.24, 2.45) is 22.9 Å². The first-order valence-corrected chi connectivity index (χ1v) is 27.5. The van der Waals surface area contributed by atoms with Gasteiger partial charge in [0.25, 0.3) is 5.91 Å². The highest BCUT2D eigenvalue weighted by Gasteiger charge is 2.65. The molecule has 2 heterocycles. The van der Waals surface area contributed by atoms with Gasteiger partial charge in [0, 0.05) is 56.2 Å². The van der Waals surface area contributed by atoms with Gasteiger partial charge in [-0.3, -0.25) is 4.79 Å². The smallest absolute Gasteiger partial charge is 0.412 e.